The molecule has 3 heterocycles. The molecule has 0 aliphatic carbocycles. The first-order chi connectivity index (χ1) is 10.7. The number of piperidine rings is 1. The smallest absolute Gasteiger partial charge is 0.276 e. The molecule has 1 saturated heterocycles. The van der Waals surface area contributed by atoms with Gasteiger partial charge in [0.1, 0.15) is 0 Å². The number of carbonyl (C=O) groups is 1. The third-order valence-electron chi connectivity index (χ3n) is 4.27. The lowest BCUT2D eigenvalue weighted by atomic mass is 9.90. The summed E-state index contributed by atoms with van der Waals surface area (Å²) < 4.78 is 1.71. The molecular weight excluding hydrogens is 298 g/mol. The lowest BCUT2D eigenvalue weighted by Gasteiger charge is -2.39. The van der Waals surface area contributed by atoms with Crippen LogP contribution in [0.1, 0.15) is 35.1 Å². The summed E-state index contributed by atoms with van der Waals surface area (Å²) in [5.41, 5.74) is 6.27. The molecule has 0 spiro atoms. The Morgan fingerprint density at radius 1 is 1.55 bits per heavy atom. The Labute approximate surface area is 133 Å². The first kappa shape index (κ1) is 15.2. The Morgan fingerprint density at radius 3 is 3.14 bits per heavy atom. The van der Waals surface area contributed by atoms with Crippen LogP contribution in [0, 0.1) is 5.92 Å². The maximum Gasteiger partial charge on any atom is 0.276 e. The molecule has 7 heteroatoms. The highest BCUT2D eigenvalue weighted by molar-refractivity contribution is 7.09. The van der Waals surface area contributed by atoms with Gasteiger partial charge in [0.05, 0.1) is 12.7 Å². The van der Waals surface area contributed by atoms with Gasteiger partial charge in [-0.25, -0.2) is 4.68 Å². The average Bonchev–Trinajstić information content (AvgIpc) is 3.18. The number of nitrogens with two attached hydrogens (primary N) is 1. The average molecular weight is 319 g/mol. The summed E-state index contributed by atoms with van der Waals surface area (Å²) in [6.07, 6.45) is 3.87. The van der Waals surface area contributed by atoms with E-state index in [-0.39, 0.29) is 11.9 Å². The minimum Gasteiger partial charge on any atom is -0.333 e. The Bertz CT molecular complexity index is 624. The van der Waals surface area contributed by atoms with E-state index in [9.17, 15) is 4.79 Å². The molecule has 1 amide bonds. The molecule has 2 atom stereocenters. The van der Waals surface area contributed by atoms with Crippen LogP contribution >= 0.6 is 11.3 Å². The van der Waals surface area contributed by atoms with Crippen LogP contribution in [-0.4, -0.2) is 44.9 Å². The fourth-order valence-corrected chi connectivity index (χ4v) is 3.74. The van der Waals surface area contributed by atoms with Crippen LogP contribution in [0.3, 0.4) is 0 Å². The van der Waals surface area contributed by atoms with E-state index in [0.717, 1.165) is 19.4 Å². The summed E-state index contributed by atoms with van der Waals surface area (Å²) >= 11 is 1.67. The van der Waals surface area contributed by atoms with Gasteiger partial charge in [-0.3, -0.25) is 4.79 Å². The summed E-state index contributed by atoms with van der Waals surface area (Å²) in [6, 6.07) is 4.15. The van der Waals surface area contributed by atoms with E-state index in [0.29, 0.717) is 24.7 Å². The second-order valence-corrected chi connectivity index (χ2v) is 6.83. The van der Waals surface area contributed by atoms with Gasteiger partial charge in [-0.1, -0.05) is 18.2 Å². The SMILES string of the molecule is CC1CCCN(C(=O)c2cn(Cc3cccs3)nn2)C1CN. The van der Waals surface area contributed by atoms with Crippen molar-refractivity contribution in [2.24, 2.45) is 11.7 Å². The van der Waals surface area contributed by atoms with Crippen molar-refractivity contribution in [3.05, 3.63) is 34.3 Å². The standard InChI is InChI=1S/C15H21N5OS/c1-11-4-2-6-20(14(11)8-16)15(21)13-10-19(18-17-13)9-12-5-3-7-22-12/h3,5,7,10-11,14H,2,4,6,8-9,16H2,1H3. The second-order valence-electron chi connectivity index (χ2n) is 5.80. The number of nitrogens with zero attached hydrogens (tertiary/aromatic N) is 4. The van der Waals surface area contributed by atoms with Crippen molar-refractivity contribution >= 4 is 17.2 Å². The topological polar surface area (TPSA) is 77.0 Å². The molecule has 2 aromatic rings. The molecule has 2 unspecified atom stereocenters. The third-order valence-corrected chi connectivity index (χ3v) is 5.13. The van der Waals surface area contributed by atoms with Gasteiger partial charge in [-0.05, 0) is 30.2 Å². The van der Waals surface area contributed by atoms with Gasteiger partial charge in [-0.15, -0.1) is 16.4 Å². The molecule has 1 aliphatic heterocycles. The molecule has 3 rings (SSSR count). The molecule has 0 bridgehead atoms. The van der Waals surface area contributed by atoms with Crippen molar-refractivity contribution < 1.29 is 4.79 Å². The summed E-state index contributed by atoms with van der Waals surface area (Å²) in [7, 11) is 0. The number of carbonyl (C=O) groups excluding carboxylic acids is 1. The first-order valence-corrected chi connectivity index (χ1v) is 8.50. The lowest BCUT2D eigenvalue weighted by Crippen LogP contribution is -2.51. The molecule has 22 heavy (non-hydrogen) atoms. The van der Waals surface area contributed by atoms with Gasteiger partial charge >= 0.3 is 0 Å². The summed E-state index contributed by atoms with van der Waals surface area (Å²) in [6.45, 7) is 4.05. The van der Waals surface area contributed by atoms with E-state index in [4.69, 9.17) is 5.73 Å². The summed E-state index contributed by atoms with van der Waals surface area (Å²) in [4.78, 5) is 15.7. The number of aromatic nitrogens is 3. The number of hydrogen-bond donors (Lipinski definition) is 1. The number of rotatable bonds is 4. The molecule has 2 aromatic heterocycles. The minimum absolute atomic E-state index is 0.0561. The summed E-state index contributed by atoms with van der Waals surface area (Å²) in [5.74, 6) is 0.378. The molecule has 6 nitrogen and oxygen atoms in total. The van der Waals surface area contributed by atoms with Crippen molar-refractivity contribution in [1.82, 2.24) is 19.9 Å². The van der Waals surface area contributed by atoms with Gasteiger partial charge in [0.2, 0.25) is 0 Å². The van der Waals surface area contributed by atoms with Crippen molar-refractivity contribution in [3.8, 4) is 0 Å². The Balaban J connectivity index is 1.73. The van der Waals surface area contributed by atoms with Crippen molar-refractivity contribution in [1.29, 1.82) is 0 Å². The van der Waals surface area contributed by atoms with Gasteiger partial charge in [-0.2, -0.15) is 0 Å². The normalized spacial score (nSPS) is 22.0. The minimum atomic E-state index is -0.0561. The summed E-state index contributed by atoms with van der Waals surface area (Å²) in [5, 5.41) is 10.1. The van der Waals surface area contributed by atoms with Crippen LogP contribution in [0.5, 0.6) is 0 Å². The fourth-order valence-electron chi connectivity index (χ4n) is 3.04. The third kappa shape index (κ3) is 3.05. The zero-order chi connectivity index (χ0) is 15.5. The van der Waals surface area contributed by atoms with Gasteiger partial charge in [0.25, 0.3) is 5.91 Å². The molecule has 0 saturated carbocycles. The monoisotopic (exact) mass is 319 g/mol. The lowest BCUT2D eigenvalue weighted by molar-refractivity contribution is 0.0526. The van der Waals surface area contributed by atoms with E-state index in [1.165, 1.54) is 4.88 Å². The number of likely N-dealkylation sites (tertiary alicyclic amines) is 1. The van der Waals surface area contributed by atoms with Crippen molar-refractivity contribution in [2.75, 3.05) is 13.1 Å². The van der Waals surface area contributed by atoms with E-state index >= 15 is 0 Å². The van der Waals surface area contributed by atoms with Crippen molar-refractivity contribution in [2.45, 2.75) is 32.4 Å². The number of thiophene rings is 1. The highest BCUT2D eigenvalue weighted by Crippen LogP contribution is 2.24. The molecule has 1 aliphatic rings. The predicted molar refractivity (Wildman–Crippen MR) is 85.7 cm³/mol. The first-order valence-electron chi connectivity index (χ1n) is 7.62. The number of hydrogen-bond acceptors (Lipinski definition) is 5. The molecule has 2 N–H and O–H groups in total. The van der Waals surface area contributed by atoms with Crippen molar-refractivity contribution in [3.63, 3.8) is 0 Å². The highest BCUT2D eigenvalue weighted by atomic mass is 32.1. The van der Waals surface area contributed by atoms with Crippen LogP contribution < -0.4 is 5.73 Å². The maximum absolute atomic E-state index is 12.7. The van der Waals surface area contributed by atoms with E-state index < -0.39 is 0 Å². The van der Waals surface area contributed by atoms with E-state index in [2.05, 4.69) is 17.2 Å². The Kier molecular flexibility index (Phi) is 4.54. The van der Waals surface area contributed by atoms with Crippen LogP contribution in [0.4, 0.5) is 0 Å². The number of amides is 1. The van der Waals surface area contributed by atoms with E-state index in [1.807, 2.05) is 22.4 Å². The molecule has 0 aromatic carbocycles. The quantitative estimate of drug-likeness (QED) is 0.928. The van der Waals surface area contributed by atoms with Crippen LogP contribution in [-0.2, 0) is 6.54 Å². The molecule has 0 radical (unpaired) electrons. The van der Waals surface area contributed by atoms with Crippen LogP contribution in [0.25, 0.3) is 0 Å². The Morgan fingerprint density at radius 2 is 2.41 bits per heavy atom. The van der Waals surface area contributed by atoms with Crippen LogP contribution in [0.15, 0.2) is 23.7 Å². The maximum atomic E-state index is 12.7. The molecule has 1 fully saturated rings. The largest absolute Gasteiger partial charge is 0.333 e. The Hall–Kier alpha value is -1.73. The van der Waals surface area contributed by atoms with E-state index in [1.54, 1.807) is 22.2 Å². The fraction of sp³-hybridized carbons (Fsp3) is 0.533. The van der Waals surface area contributed by atoms with Gasteiger partial charge in [0.15, 0.2) is 5.69 Å². The van der Waals surface area contributed by atoms with Gasteiger partial charge < -0.3 is 10.6 Å². The van der Waals surface area contributed by atoms with Gasteiger partial charge in [0, 0.05) is 24.0 Å². The highest BCUT2D eigenvalue weighted by Gasteiger charge is 2.32. The zero-order valence-corrected chi connectivity index (χ0v) is 13.5. The van der Waals surface area contributed by atoms with Crippen LogP contribution in [0.2, 0.25) is 0 Å². The zero-order valence-electron chi connectivity index (χ0n) is 12.7. The molecule has 118 valence electrons. The second kappa shape index (κ2) is 6.58. The molecular formula is C15H21N5OS. The predicted octanol–water partition coefficient (Wildman–Crippen LogP) is 1.59.